The van der Waals surface area contributed by atoms with Gasteiger partial charge < -0.3 is 19.4 Å². The number of ether oxygens (including phenoxy) is 1. The lowest BCUT2D eigenvalue weighted by Crippen LogP contribution is -2.53. The third-order valence-electron chi connectivity index (χ3n) is 6.08. The minimum absolute atomic E-state index is 0.219. The summed E-state index contributed by atoms with van der Waals surface area (Å²) in [5.41, 5.74) is 1.85. The summed E-state index contributed by atoms with van der Waals surface area (Å²) in [6.45, 7) is 7.55. The fourth-order valence-corrected chi connectivity index (χ4v) is 4.80. The fourth-order valence-electron chi connectivity index (χ4n) is 4.37. The predicted octanol–water partition coefficient (Wildman–Crippen LogP) is 4.40. The molecule has 2 aliphatic heterocycles. The van der Waals surface area contributed by atoms with Crippen molar-refractivity contribution in [2.75, 3.05) is 60.6 Å². The van der Waals surface area contributed by atoms with E-state index in [0.29, 0.717) is 23.3 Å². The van der Waals surface area contributed by atoms with Crippen molar-refractivity contribution in [3.05, 3.63) is 58.7 Å². The standard InChI is InChI=1S/C24H26Cl2N6O/c1-17-16-31(23-20(26)6-3-7-27-23)8-9-32(17)22-15-21(18-4-2-5-19(25)14-18)28-24(29-22)30-10-12-33-13-11-30/h2-7,14-15,17H,8-13,16H2,1H3/t17-/m1/s1. The van der Waals surface area contributed by atoms with Gasteiger partial charge in [0.2, 0.25) is 5.95 Å². The Kier molecular flexibility index (Phi) is 6.53. The average molecular weight is 485 g/mol. The molecule has 0 amide bonds. The van der Waals surface area contributed by atoms with E-state index in [9.17, 15) is 0 Å². The third-order valence-corrected chi connectivity index (χ3v) is 6.61. The Morgan fingerprint density at radius 1 is 0.939 bits per heavy atom. The first-order valence-corrected chi connectivity index (χ1v) is 11.9. The molecule has 172 valence electrons. The quantitative estimate of drug-likeness (QED) is 0.543. The van der Waals surface area contributed by atoms with Crippen LogP contribution in [0.4, 0.5) is 17.6 Å². The van der Waals surface area contributed by atoms with Gasteiger partial charge in [-0.15, -0.1) is 0 Å². The number of halogens is 2. The topological polar surface area (TPSA) is 57.6 Å². The van der Waals surface area contributed by atoms with Gasteiger partial charge in [-0.3, -0.25) is 0 Å². The van der Waals surface area contributed by atoms with Crippen molar-refractivity contribution in [2.45, 2.75) is 13.0 Å². The van der Waals surface area contributed by atoms with Gasteiger partial charge in [0.15, 0.2) is 0 Å². The van der Waals surface area contributed by atoms with Crippen LogP contribution in [-0.4, -0.2) is 66.9 Å². The molecule has 2 saturated heterocycles. The Hall–Kier alpha value is -2.61. The van der Waals surface area contributed by atoms with Crippen LogP contribution >= 0.6 is 23.2 Å². The molecule has 0 N–H and O–H groups in total. The van der Waals surface area contributed by atoms with Crippen LogP contribution in [0.5, 0.6) is 0 Å². The minimum atomic E-state index is 0.219. The highest BCUT2D eigenvalue weighted by atomic mass is 35.5. The van der Waals surface area contributed by atoms with Crippen molar-refractivity contribution >= 4 is 40.8 Å². The maximum atomic E-state index is 6.40. The van der Waals surface area contributed by atoms with Crippen molar-refractivity contribution in [1.29, 1.82) is 0 Å². The van der Waals surface area contributed by atoms with E-state index in [-0.39, 0.29) is 6.04 Å². The number of hydrogen-bond acceptors (Lipinski definition) is 7. The number of rotatable bonds is 4. The maximum Gasteiger partial charge on any atom is 0.228 e. The Bertz CT molecular complexity index is 1120. The molecular weight excluding hydrogens is 459 g/mol. The van der Waals surface area contributed by atoms with Crippen LogP contribution in [0, 0.1) is 0 Å². The first kappa shape index (κ1) is 22.2. The molecule has 1 atom stereocenters. The molecule has 4 heterocycles. The van der Waals surface area contributed by atoms with Crippen molar-refractivity contribution in [1.82, 2.24) is 15.0 Å². The summed E-state index contributed by atoms with van der Waals surface area (Å²) >= 11 is 12.7. The summed E-state index contributed by atoms with van der Waals surface area (Å²) in [5, 5.41) is 1.37. The molecule has 7 nitrogen and oxygen atoms in total. The van der Waals surface area contributed by atoms with Crippen molar-refractivity contribution in [2.24, 2.45) is 0 Å². The molecule has 0 bridgehead atoms. The summed E-state index contributed by atoms with van der Waals surface area (Å²) in [5.74, 6) is 2.48. The van der Waals surface area contributed by atoms with Crippen molar-refractivity contribution in [3.8, 4) is 11.3 Å². The van der Waals surface area contributed by atoms with E-state index >= 15 is 0 Å². The molecule has 9 heteroatoms. The number of anilines is 3. The molecule has 0 saturated carbocycles. The van der Waals surface area contributed by atoms with Gasteiger partial charge in [0.25, 0.3) is 0 Å². The molecule has 2 aromatic heterocycles. The molecule has 0 spiro atoms. The largest absolute Gasteiger partial charge is 0.378 e. The van der Waals surface area contributed by atoms with Gasteiger partial charge in [0.05, 0.1) is 23.9 Å². The van der Waals surface area contributed by atoms with Gasteiger partial charge >= 0.3 is 0 Å². The highest BCUT2D eigenvalue weighted by Crippen LogP contribution is 2.30. The van der Waals surface area contributed by atoms with Crippen LogP contribution in [0.15, 0.2) is 48.7 Å². The van der Waals surface area contributed by atoms with E-state index in [2.05, 4.69) is 32.7 Å². The number of benzene rings is 1. The van der Waals surface area contributed by atoms with Crippen LogP contribution in [0.1, 0.15) is 6.92 Å². The number of piperazine rings is 1. The van der Waals surface area contributed by atoms with E-state index in [1.165, 1.54) is 0 Å². The number of morpholine rings is 1. The molecule has 3 aromatic rings. The number of aromatic nitrogens is 3. The molecule has 33 heavy (non-hydrogen) atoms. The van der Waals surface area contributed by atoms with E-state index in [1.807, 2.05) is 36.4 Å². The maximum absolute atomic E-state index is 6.40. The SMILES string of the molecule is C[C@@H]1CN(c2ncccc2Cl)CCN1c1cc(-c2cccc(Cl)c2)nc(N2CCOCC2)n1. The lowest BCUT2D eigenvalue weighted by atomic mass is 10.1. The molecule has 0 radical (unpaired) electrons. The van der Waals surface area contributed by atoms with Gasteiger partial charge in [-0.2, -0.15) is 4.98 Å². The summed E-state index contributed by atoms with van der Waals surface area (Å²) in [4.78, 5) is 21.1. The van der Waals surface area contributed by atoms with Gasteiger partial charge in [0, 0.05) is 61.6 Å². The van der Waals surface area contributed by atoms with Crippen LogP contribution in [-0.2, 0) is 4.74 Å². The lowest BCUT2D eigenvalue weighted by Gasteiger charge is -2.41. The monoisotopic (exact) mass is 484 g/mol. The summed E-state index contributed by atoms with van der Waals surface area (Å²) in [6.07, 6.45) is 1.79. The van der Waals surface area contributed by atoms with Crippen LogP contribution in [0.25, 0.3) is 11.3 Å². The second-order valence-corrected chi connectivity index (χ2v) is 9.16. The van der Waals surface area contributed by atoms with E-state index in [4.69, 9.17) is 37.9 Å². The minimum Gasteiger partial charge on any atom is -0.378 e. The van der Waals surface area contributed by atoms with Crippen LogP contribution < -0.4 is 14.7 Å². The zero-order valence-corrected chi connectivity index (χ0v) is 20.0. The van der Waals surface area contributed by atoms with Crippen molar-refractivity contribution in [3.63, 3.8) is 0 Å². The zero-order valence-electron chi connectivity index (χ0n) is 18.5. The Morgan fingerprint density at radius 2 is 1.79 bits per heavy atom. The lowest BCUT2D eigenvalue weighted by molar-refractivity contribution is 0.122. The zero-order chi connectivity index (χ0) is 22.8. The van der Waals surface area contributed by atoms with Gasteiger partial charge in [0.1, 0.15) is 11.6 Å². The molecule has 2 aliphatic rings. The van der Waals surface area contributed by atoms with E-state index in [1.54, 1.807) is 6.20 Å². The number of hydrogen-bond donors (Lipinski definition) is 0. The second-order valence-electron chi connectivity index (χ2n) is 8.32. The highest BCUT2D eigenvalue weighted by molar-refractivity contribution is 6.33. The second kappa shape index (κ2) is 9.71. The van der Waals surface area contributed by atoms with Crippen LogP contribution in [0.2, 0.25) is 10.0 Å². The Balaban J connectivity index is 1.46. The predicted molar refractivity (Wildman–Crippen MR) is 134 cm³/mol. The normalized spacial score (nSPS) is 19.1. The van der Waals surface area contributed by atoms with Crippen LogP contribution in [0.3, 0.4) is 0 Å². The molecule has 0 unspecified atom stereocenters. The van der Waals surface area contributed by atoms with E-state index < -0.39 is 0 Å². The van der Waals surface area contributed by atoms with Crippen molar-refractivity contribution < 1.29 is 4.74 Å². The smallest absolute Gasteiger partial charge is 0.228 e. The molecule has 0 aliphatic carbocycles. The van der Waals surface area contributed by atoms with Gasteiger partial charge in [-0.25, -0.2) is 9.97 Å². The van der Waals surface area contributed by atoms with E-state index in [0.717, 1.165) is 61.6 Å². The molecule has 5 rings (SSSR count). The first-order valence-electron chi connectivity index (χ1n) is 11.2. The molecule has 1 aromatic carbocycles. The summed E-state index contributed by atoms with van der Waals surface area (Å²) in [7, 11) is 0. The number of pyridine rings is 1. The molecular formula is C24H26Cl2N6O. The number of nitrogens with zero attached hydrogens (tertiary/aromatic N) is 6. The Morgan fingerprint density at radius 3 is 2.55 bits per heavy atom. The highest BCUT2D eigenvalue weighted by Gasteiger charge is 2.28. The average Bonchev–Trinajstić information content (AvgIpc) is 2.84. The first-order chi connectivity index (χ1) is 16.1. The summed E-state index contributed by atoms with van der Waals surface area (Å²) < 4.78 is 5.53. The summed E-state index contributed by atoms with van der Waals surface area (Å²) in [6, 6.07) is 13.8. The van der Waals surface area contributed by atoms with Gasteiger partial charge in [-0.05, 0) is 31.2 Å². The molecule has 2 fully saturated rings. The fraction of sp³-hybridized carbons (Fsp3) is 0.375. The third kappa shape index (κ3) is 4.86. The van der Waals surface area contributed by atoms with Gasteiger partial charge in [-0.1, -0.05) is 35.3 Å². The Labute approximate surface area is 203 Å².